The second-order valence-corrected chi connectivity index (χ2v) is 10.8. The van der Waals surface area contributed by atoms with Crippen molar-refractivity contribution >= 4 is 29.3 Å². The summed E-state index contributed by atoms with van der Waals surface area (Å²) in [7, 11) is 4.59. The molecule has 0 spiro atoms. The van der Waals surface area contributed by atoms with Crippen molar-refractivity contribution in [2.24, 2.45) is 5.41 Å². The SMILES string of the molecule is COc1cc(COC[C@](CCCO)(c2ccc(Cl)c(Cl)c2)N(CC(C)(C)C)C(=O)O)cc(OC)c1OC. The summed E-state index contributed by atoms with van der Waals surface area (Å²) in [5.41, 5.74) is -0.115. The van der Waals surface area contributed by atoms with Crippen molar-refractivity contribution in [3.63, 3.8) is 0 Å². The lowest BCUT2D eigenvalue weighted by molar-refractivity contribution is -0.0300. The van der Waals surface area contributed by atoms with Gasteiger partial charge in [-0.2, -0.15) is 0 Å². The summed E-state index contributed by atoms with van der Waals surface area (Å²) in [6.07, 6.45) is -0.448. The van der Waals surface area contributed by atoms with Gasteiger partial charge in [-0.05, 0) is 53.6 Å². The Balaban J connectivity index is 2.55. The molecule has 1 atom stereocenters. The van der Waals surface area contributed by atoms with E-state index < -0.39 is 11.6 Å². The van der Waals surface area contributed by atoms with Crippen LogP contribution in [0.2, 0.25) is 10.0 Å². The molecule has 0 unspecified atom stereocenters. The minimum atomic E-state index is -1.14. The quantitative estimate of drug-likeness (QED) is 0.301. The third-order valence-corrected chi connectivity index (χ3v) is 6.66. The van der Waals surface area contributed by atoms with Crippen LogP contribution in [0.15, 0.2) is 30.3 Å². The molecule has 2 rings (SSSR count). The van der Waals surface area contributed by atoms with Crippen LogP contribution in [-0.4, -0.2) is 62.3 Å². The topological polar surface area (TPSA) is 97.7 Å². The first-order chi connectivity index (χ1) is 17.4. The average molecular weight is 558 g/mol. The Hall–Kier alpha value is -2.39. The zero-order valence-corrected chi connectivity index (χ0v) is 23.8. The molecule has 0 saturated carbocycles. The van der Waals surface area contributed by atoms with E-state index in [1.54, 1.807) is 30.3 Å². The number of hydrogen-bond acceptors (Lipinski definition) is 6. The van der Waals surface area contributed by atoms with Crippen molar-refractivity contribution in [2.45, 2.75) is 45.8 Å². The molecule has 2 aromatic rings. The lowest BCUT2D eigenvalue weighted by Gasteiger charge is -2.45. The molecule has 37 heavy (non-hydrogen) atoms. The van der Waals surface area contributed by atoms with Crippen LogP contribution in [0.25, 0.3) is 0 Å². The number of carbonyl (C=O) groups is 1. The average Bonchev–Trinajstić information content (AvgIpc) is 2.85. The van der Waals surface area contributed by atoms with Crippen molar-refractivity contribution in [1.82, 2.24) is 4.90 Å². The number of aliphatic hydroxyl groups excluding tert-OH is 1. The minimum absolute atomic E-state index is 0.00397. The lowest BCUT2D eigenvalue weighted by atomic mass is 9.82. The number of hydrogen-bond donors (Lipinski definition) is 2. The normalized spacial score (nSPS) is 13.1. The smallest absolute Gasteiger partial charge is 0.408 e. The molecule has 0 aromatic heterocycles. The Bertz CT molecular complexity index is 1030. The molecule has 0 heterocycles. The first-order valence-electron chi connectivity index (χ1n) is 11.9. The van der Waals surface area contributed by atoms with Gasteiger partial charge in [-0.25, -0.2) is 4.79 Å². The van der Waals surface area contributed by atoms with E-state index in [1.165, 1.54) is 26.2 Å². The molecule has 2 aromatic carbocycles. The van der Waals surface area contributed by atoms with Crippen molar-refractivity contribution in [2.75, 3.05) is 41.1 Å². The van der Waals surface area contributed by atoms with E-state index in [1.807, 2.05) is 20.8 Å². The zero-order chi connectivity index (χ0) is 27.8. The molecule has 2 N–H and O–H groups in total. The van der Waals surface area contributed by atoms with Crippen LogP contribution in [0, 0.1) is 5.41 Å². The molecular weight excluding hydrogens is 521 g/mol. The molecule has 8 nitrogen and oxygen atoms in total. The van der Waals surface area contributed by atoms with Crippen molar-refractivity contribution < 1.29 is 34.0 Å². The number of benzene rings is 2. The molecule has 0 radical (unpaired) electrons. The molecule has 0 aliphatic carbocycles. The Labute approximate surface area is 229 Å². The van der Waals surface area contributed by atoms with Crippen LogP contribution in [0.5, 0.6) is 17.2 Å². The van der Waals surface area contributed by atoms with Gasteiger partial charge in [0.2, 0.25) is 5.75 Å². The predicted molar refractivity (Wildman–Crippen MR) is 144 cm³/mol. The van der Waals surface area contributed by atoms with E-state index in [2.05, 4.69) is 0 Å². The van der Waals surface area contributed by atoms with E-state index in [4.69, 9.17) is 42.1 Å². The van der Waals surface area contributed by atoms with Crippen LogP contribution in [-0.2, 0) is 16.9 Å². The van der Waals surface area contributed by atoms with Gasteiger partial charge in [0, 0.05) is 13.2 Å². The highest BCUT2D eigenvalue weighted by Gasteiger charge is 2.43. The molecular formula is C27H37Cl2NO7. The predicted octanol–water partition coefficient (Wildman–Crippen LogP) is 6.23. The largest absolute Gasteiger partial charge is 0.493 e. The first kappa shape index (κ1) is 30.8. The minimum Gasteiger partial charge on any atom is -0.493 e. The summed E-state index contributed by atoms with van der Waals surface area (Å²) >= 11 is 12.6. The maximum atomic E-state index is 12.7. The summed E-state index contributed by atoms with van der Waals surface area (Å²) in [6, 6.07) is 8.62. The highest BCUT2D eigenvalue weighted by atomic mass is 35.5. The highest BCUT2D eigenvalue weighted by molar-refractivity contribution is 6.42. The molecule has 0 aliphatic heterocycles. The van der Waals surface area contributed by atoms with E-state index in [0.717, 1.165) is 5.56 Å². The van der Waals surface area contributed by atoms with Gasteiger partial charge in [0.05, 0.1) is 50.1 Å². The lowest BCUT2D eigenvalue weighted by Crippen LogP contribution is -2.54. The fraction of sp³-hybridized carbons (Fsp3) is 0.519. The summed E-state index contributed by atoms with van der Waals surface area (Å²) in [6.45, 7) is 6.15. The molecule has 0 bridgehead atoms. The zero-order valence-electron chi connectivity index (χ0n) is 22.3. The van der Waals surface area contributed by atoms with Crippen LogP contribution in [0.4, 0.5) is 4.79 Å². The number of methoxy groups -OCH3 is 3. The van der Waals surface area contributed by atoms with E-state index in [9.17, 15) is 15.0 Å². The van der Waals surface area contributed by atoms with Gasteiger partial charge in [-0.1, -0.05) is 50.0 Å². The third kappa shape index (κ3) is 7.80. The van der Waals surface area contributed by atoms with Gasteiger partial charge in [0.25, 0.3) is 0 Å². The van der Waals surface area contributed by atoms with Crippen LogP contribution in [0.3, 0.4) is 0 Å². The highest BCUT2D eigenvalue weighted by Crippen LogP contribution is 2.41. The third-order valence-electron chi connectivity index (χ3n) is 5.92. The number of halogens is 2. The fourth-order valence-corrected chi connectivity index (χ4v) is 4.56. The van der Waals surface area contributed by atoms with Crippen LogP contribution >= 0.6 is 23.2 Å². The summed E-state index contributed by atoms with van der Waals surface area (Å²) < 4.78 is 22.5. The first-order valence-corrected chi connectivity index (χ1v) is 12.6. The van der Waals surface area contributed by atoms with Gasteiger partial charge < -0.3 is 29.2 Å². The van der Waals surface area contributed by atoms with Gasteiger partial charge >= 0.3 is 6.09 Å². The number of amides is 1. The molecule has 10 heteroatoms. The summed E-state index contributed by atoms with van der Waals surface area (Å²) in [5, 5.41) is 20.7. The number of ether oxygens (including phenoxy) is 4. The standard InChI is InChI=1S/C27H37Cl2NO7/c1-26(2,3)16-30(25(32)33)27(10-7-11-31,19-8-9-20(28)21(29)14-19)17-37-15-18-12-22(34-4)24(36-6)23(13-18)35-5/h8-9,12-14,31H,7,10-11,15-17H2,1-6H3,(H,32,33)/t27-/m1/s1. The summed E-state index contributed by atoms with van der Waals surface area (Å²) in [4.78, 5) is 14.1. The molecule has 1 amide bonds. The molecule has 0 aliphatic rings. The monoisotopic (exact) mass is 557 g/mol. The second kappa shape index (κ2) is 13.4. The van der Waals surface area contributed by atoms with Crippen LogP contribution in [0.1, 0.15) is 44.7 Å². The Morgan fingerprint density at radius 3 is 2.05 bits per heavy atom. The Morgan fingerprint density at radius 2 is 1.59 bits per heavy atom. The van der Waals surface area contributed by atoms with Gasteiger partial charge in [-0.15, -0.1) is 0 Å². The van der Waals surface area contributed by atoms with Crippen molar-refractivity contribution in [3.8, 4) is 17.2 Å². The number of carboxylic acid groups (broad SMARTS) is 1. The number of aliphatic hydroxyl groups is 1. The van der Waals surface area contributed by atoms with Crippen molar-refractivity contribution in [3.05, 3.63) is 51.5 Å². The van der Waals surface area contributed by atoms with Crippen LogP contribution < -0.4 is 14.2 Å². The second-order valence-electron chi connectivity index (χ2n) is 9.94. The number of nitrogens with zero attached hydrogens (tertiary/aromatic N) is 1. The Morgan fingerprint density at radius 1 is 0.973 bits per heavy atom. The van der Waals surface area contributed by atoms with E-state index >= 15 is 0 Å². The molecule has 0 fully saturated rings. The summed E-state index contributed by atoms with van der Waals surface area (Å²) in [5.74, 6) is 1.43. The van der Waals surface area contributed by atoms with Gasteiger partial charge in [0.15, 0.2) is 11.5 Å². The maximum absolute atomic E-state index is 12.7. The fourth-order valence-electron chi connectivity index (χ4n) is 4.26. The number of rotatable bonds is 13. The Kier molecular flexibility index (Phi) is 11.2. The van der Waals surface area contributed by atoms with Crippen molar-refractivity contribution in [1.29, 1.82) is 0 Å². The van der Waals surface area contributed by atoms with E-state index in [0.29, 0.717) is 45.7 Å². The van der Waals surface area contributed by atoms with E-state index in [-0.39, 0.29) is 31.8 Å². The van der Waals surface area contributed by atoms with Gasteiger partial charge in [-0.3, -0.25) is 4.90 Å². The molecule has 0 saturated heterocycles. The van der Waals surface area contributed by atoms with Gasteiger partial charge in [0.1, 0.15) is 0 Å². The maximum Gasteiger partial charge on any atom is 0.408 e. The molecule has 206 valence electrons.